The second-order valence-corrected chi connectivity index (χ2v) is 8.48. The smallest absolute Gasteiger partial charge is 0.325 e. The fourth-order valence-electron chi connectivity index (χ4n) is 2.47. The van der Waals surface area contributed by atoms with Crippen molar-refractivity contribution >= 4 is 21.6 Å². The summed E-state index contributed by atoms with van der Waals surface area (Å²) in [5.41, 5.74) is -3.77. The topological polar surface area (TPSA) is 66.5 Å². The van der Waals surface area contributed by atoms with Crippen LogP contribution in [0.4, 0.5) is 36.4 Å². The molecule has 0 aliphatic carbocycles. The van der Waals surface area contributed by atoms with E-state index in [0.29, 0.717) is 22.0 Å². The maximum absolute atomic E-state index is 13.0. The van der Waals surface area contributed by atoms with Crippen LogP contribution in [-0.2, 0) is 33.7 Å². The van der Waals surface area contributed by atoms with Gasteiger partial charge in [-0.05, 0) is 35.9 Å². The van der Waals surface area contributed by atoms with Crippen LogP contribution in [0.25, 0.3) is 0 Å². The molecular formula is C18H15F7N2O3S. The summed E-state index contributed by atoms with van der Waals surface area (Å²) in [6, 6.07) is 5.12. The Kier molecular flexibility index (Phi) is 7.00. The lowest BCUT2D eigenvalue weighted by atomic mass is 10.1. The number of halogens is 7. The van der Waals surface area contributed by atoms with Crippen LogP contribution in [0.1, 0.15) is 16.7 Å². The van der Waals surface area contributed by atoms with E-state index in [-0.39, 0.29) is 12.6 Å². The summed E-state index contributed by atoms with van der Waals surface area (Å²) >= 11 is 0. The summed E-state index contributed by atoms with van der Waals surface area (Å²) in [6.45, 7) is -1.27. The molecule has 0 aliphatic heterocycles. The van der Waals surface area contributed by atoms with Gasteiger partial charge in [-0.1, -0.05) is 12.1 Å². The number of nitrogens with zero attached hydrogens (tertiary/aromatic N) is 1. The average molecular weight is 472 g/mol. The lowest BCUT2D eigenvalue weighted by Crippen LogP contribution is -2.37. The summed E-state index contributed by atoms with van der Waals surface area (Å²) in [5.74, 6) is -1.75. The average Bonchev–Trinajstić information content (AvgIpc) is 2.60. The monoisotopic (exact) mass is 472 g/mol. The van der Waals surface area contributed by atoms with Crippen LogP contribution in [0.2, 0.25) is 0 Å². The molecule has 0 unspecified atom stereocenters. The largest absolute Gasteiger partial charge is 0.416 e. The van der Waals surface area contributed by atoms with Crippen LogP contribution in [0.5, 0.6) is 0 Å². The molecule has 170 valence electrons. The van der Waals surface area contributed by atoms with Gasteiger partial charge in [-0.2, -0.15) is 30.6 Å². The van der Waals surface area contributed by atoms with Crippen LogP contribution >= 0.6 is 0 Å². The highest BCUT2D eigenvalue weighted by molar-refractivity contribution is 7.88. The van der Waals surface area contributed by atoms with Crippen molar-refractivity contribution in [3.05, 3.63) is 65.0 Å². The number of alkyl halides is 6. The van der Waals surface area contributed by atoms with Gasteiger partial charge in [0.1, 0.15) is 5.82 Å². The summed E-state index contributed by atoms with van der Waals surface area (Å²) in [6.07, 6.45) is -9.46. The molecule has 2 aromatic rings. The molecule has 31 heavy (non-hydrogen) atoms. The van der Waals surface area contributed by atoms with E-state index in [4.69, 9.17) is 0 Å². The van der Waals surface area contributed by atoms with Crippen molar-refractivity contribution in [3.8, 4) is 0 Å². The molecule has 0 aliphatic rings. The first-order valence-electron chi connectivity index (χ1n) is 8.34. The van der Waals surface area contributed by atoms with Gasteiger partial charge < -0.3 is 5.32 Å². The molecule has 0 spiro atoms. The van der Waals surface area contributed by atoms with Gasteiger partial charge in [0, 0.05) is 12.2 Å². The van der Waals surface area contributed by atoms with Crippen molar-refractivity contribution in [1.29, 1.82) is 0 Å². The number of hydrogen-bond acceptors (Lipinski definition) is 3. The van der Waals surface area contributed by atoms with Crippen LogP contribution in [0, 0.1) is 5.82 Å². The van der Waals surface area contributed by atoms with Gasteiger partial charge in [-0.15, -0.1) is 0 Å². The Labute approximate surface area is 172 Å². The Morgan fingerprint density at radius 2 is 1.42 bits per heavy atom. The molecule has 0 saturated heterocycles. The number of sulfonamides is 1. The highest BCUT2D eigenvalue weighted by atomic mass is 32.2. The van der Waals surface area contributed by atoms with Gasteiger partial charge in [-0.3, -0.25) is 4.79 Å². The number of anilines is 1. The Morgan fingerprint density at radius 3 is 1.84 bits per heavy atom. The van der Waals surface area contributed by atoms with E-state index < -0.39 is 57.5 Å². The zero-order chi connectivity index (χ0) is 23.6. The molecule has 0 aromatic heterocycles. The number of amides is 1. The first kappa shape index (κ1) is 24.6. The summed E-state index contributed by atoms with van der Waals surface area (Å²) in [4.78, 5) is 12.2. The van der Waals surface area contributed by atoms with Crippen molar-refractivity contribution in [3.63, 3.8) is 0 Å². The van der Waals surface area contributed by atoms with Crippen molar-refractivity contribution < 1.29 is 43.9 Å². The van der Waals surface area contributed by atoms with Gasteiger partial charge >= 0.3 is 12.4 Å². The molecule has 1 amide bonds. The van der Waals surface area contributed by atoms with E-state index in [9.17, 15) is 43.9 Å². The molecule has 0 bridgehead atoms. The minimum atomic E-state index is -5.11. The van der Waals surface area contributed by atoms with Crippen LogP contribution in [0.3, 0.4) is 0 Å². The Hall–Kier alpha value is -2.67. The molecule has 0 saturated carbocycles. The van der Waals surface area contributed by atoms with E-state index in [2.05, 4.69) is 0 Å². The Morgan fingerprint density at radius 1 is 0.935 bits per heavy atom. The number of carbonyl (C=O) groups is 1. The molecule has 1 N–H and O–H groups in total. The van der Waals surface area contributed by atoms with Crippen LogP contribution < -0.4 is 5.32 Å². The first-order chi connectivity index (χ1) is 14.1. The third kappa shape index (κ3) is 7.21. The van der Waals surface area contributed by atoms with Crippen molar-refractivity contribution in [2.75, 3.05) is 18.1 Å². The lowest BCUT2D eigenvalue weighted by molar-refractivity contribution is -0.143. The minimum Gasteiger partial charge on any atom is -0.325 e. The third-order valence-electron chi connectivity index (χ3n) is 3.93. The third-order valence-corrected chi connectivity index (χ3v) is 5.13. The van der Waals surface area contributed by atoms with E-state index >= 15 is 0 Å². The maximum Gasteiger partial charge on any atom is 0.416 e. The summed E-state index contributed by atoms with van der Waals surface area (Å²) < 4.78 is 115. The van der Waals surface area contributed by atoms with Gasteiger partial charge in [0.15, 0.2) is 0 Å². The fourth-order valence-corrected chi connectivity index (χ4v) is 3.21. The van der Waals surface area contributed by atoms with Crippen molar-refractivity contribution in [1.82, 2.24) is 4.31 Å². The maximum atomic E-state index is 13.0. The molecule has 0 fully saturated rings. The van der Waals surface area contributed by atoms with Gasteiger partial charge in [0.05, 0.1) is 23.9 Å². The normalized spacial score (nSPS) is 12.8. The molecule has 0 atom stereocenters. The predicted molar refractivity (Wildman–Crippen MR) is 96.7 cm³/mol. The van der Waals surface area contributed by atoms with E-state index in [0.717, 1.165) is 18.4 Å². The number of benzene rings is 2. The minimum absolute atomic E-state index is 0.104. The molecule has 0 heterocycles. The van der Waals surface area contributed by atoms with Crippen LogP contribution in [0.15, 0.2) is 42.5 Å². The zero-order valence-electron chi connectivity index (χ0n) is 15.7. The Balaban J connectivity index is 2.26. The second kappa shape index (κ2) is 8.83. The highest BCUT2D eigenvalue weighted by Crippen LogP contribution is 2.37. The quantitative estimate of drug-likeness (QED) is 0.639. The standard InChI is InChI=1S/C18H15F7N2O3S/c1-31(29,30)27(9-11-2-4-14(19)5-3-11)10-16(28)26-15-7-12(17(20,21)22)6-13(8-15)18(23,24)25/h2-8H,9-10H2,1H3,(H,26,28). The number of hydrogen-bond donors (Lipinski definition) is 1. The first-order valence-corrected chi connectivity index (χ1v) is 10.2. The fraction of sp³-hybridized carbons (Fsp3) is 0.278. The molecule has 13 heteroatoms. The predicted octanol–water partition coefficient (Wildman–Crippen LogP) is 4.26. The number of nitrogens with one attached hydrogen (secondary N) is 1. The Bertz CT molecular complexity index is 1020. The van der Waals surface area contributed by atoms with Crippen molar-refractivity contribution in [2.45, 2.75) is 18.9 Å². The highest BCUT2D eigenvalue weighted by Gasteiger charge is 2.37. The SMILES string of the molecule is CS(=O)(=O)N(CC(=O)Nc1cc(C(F)(F)F)cc(C(F)(F)F)c1)Cc1ccc(F)cc1. The molecule has 0 radical (unpaired) electrons. The van der Waals surface area contributed by atoms with E-state index in [1.165, 1.54) is 12.1 Å². The zero-order valence-corrected chi connectivity index (χ0v) is 16.5. The van der Waals surface area contributed by atoms with Crippen LogP contribution in [-0.4, -0.2) is 31.4 Å². The number of rotatable bonds is 6. The second-order valence-electron chi connectivity index (χ2n) is 6.50. The lowest BCUT2D eigenvalue weighted by Gasteiger charge is -2.20. The van der Waals surface area contributed by atoms with Crippen molar-refractivity contribution in [2.24, 2.45) is 0 Å². The molecular weight excluding hydrogens is 457 g/mol. The number of carbonyl (C=O) groups excluding carboxylic acids is 1. The van der Waals surface area contributed by atoms with E-state index in [1.807, 2.05) is 5.32 Å². The van der Waals surface area contributed by atoms with Gasteiger partial charge in [0.2, 0.25) is 15.9 Å². The molecule has 2 aromatic carbocycles. The van der Waals surface area contributed by atoms with E-state index in [1.54, 1.807) is 0 Å². The molecule has 2 rings (SSSR count). The molecule has 5 nitrogen and oxygen atoms in total. The summed E-state index contributed by atoms with van der Waals surface area (Å²) in [7, 11) is -4.00. The van der Waals surface area contributed by atoms with Gasteiger partial charge in [-0.25, -0.2) is 12.8 Å². The van der Waals surface area contributed by atoms with Gasteiger partial charge in [0.25, 0.3) is 0 Å². The summed E-state index contributed by atoms with van der Waals surface area (Å²) in [5, 5.41) is 1.86.